The first-order chi connectivity index (χ1) is 10.1. The second-order valence-electron chi connectivity index (χ2n) is 4.69. The summed E-state index contributed by atoms with van der Waals surface area (Å²) in [6.07, 6.45) is 0. The van der Waals surface area contributed by atoms with Gasteiger partial charge in [0.05, 0.1) is 6.04 Å². The second kappa shape index (κ2) is 7.09. The van der Waals surface area contributed by atoms with Crippen molar-refractivity contribution in [2.45, 2.75) is 19.5 Å². The van der Waals surface area contributed by atoms with E-state index in [0.717, 1.165) is 5.56 Å². The van der Waals surface area contributed by atoms with Gasteiger partial charge in [-0.1, -0.05) is 41.9 Å². The molecule has 0 radical (unpaired) electrons. The van der Waals surface area contributed by atoms with Gasteiger partial charge in [0.15, 0.2) is 0 Å². The van der Waals surface area contributed by atoms with Crippen molar-refractivity contribution in [1.29, 1.82) is 0 Å². The van der Waals surface area contributed by atoms with Gasteiger partial charge in [-0.25, -0.2) is 9.18 Å². The first kappa shape index (κ1) is 15.3. The number of amides is 2. The molecule has 0 aromatic heterocycles. The molecule has 0 aliphatic carbocycles. The Hall–Kier alpha value is -2.07. The molecule has 2 amide bonds. The minimum absolute atomic E-state index is 0.145. The van der Waals surface area contributed by atoms with Crippen LogP contribution in [-0.4, -0.2) is 6.03 Å². The summed E-state index contributed by atoms with van der Waals surface area (Å²) < 4.78 is 13.4. The van der Waals surface area contributed by atoms with Gasteiger partial charge in [-0.2, -0.15) is 0 Å². The SMILES string of the molecule is CC(NC(=O)NCc1ccccc1F)c1ccc(Cl)cc1. The Kier molecular flexibility index (Phi) is 5.17. The van der Waals surface area contributed by atoms with Gasteiger partial charge in [-0.05, 0) is 30.7 Å². The Morgan fingerprint density at radius 1 is 1.19 bits per heavy atom. The van der Waals surface area contributed by atoms with Crippen molar-refractivity contribution in [3.05, 3.63) is 70.5 Å². The van der Waals surface area contributed by atoms with Crippen molar-refractivity contribution in [2.24, 2.45) is 0 Å². The fourth-order valence-corrected chi connectivity index (χ4v) is 2.03. The Morgan fingerprint density at radius 3 is 2.52 bits per heavy atom. The highest BCUT2D eigenvalue weighted by Gasteiger charge is 2.09. The third kappa shape index (κ3) is 4.46. The third-order valence-corrected chi connectivity index (χ3v) is 3.37. The van der Waals surface area contributed by atoms with Crippen LogP contribution in [0.1, 0.15) is 24.1 Å². The summed E-state index contributed by atoms with van der Waals surface area (Å²) in [5.41, 5.74) is 1.40. The van der Waals surface area contributed by atoms with Crippen LogP contribution in [0.25, 0.3) is 0 Å². The summed E-state index contributed by atoms with van der Waals surface area (Å²) in [7, 11) is 0. The molecule has 0 aliphatic rings. The molecule has 21 heavy (non-hydrogen) atoms. The van der Waals surface area contributed by atoms with Gasteiger partial charge in [0.1, 0.15) is 5.82 Å². The molecular weight excluding hydrogens is 291 g/mol. The molecule has 2 N–H and O–H groups in total. The number of rotatable bonds is 4. The molecule has 0 saturated carbocycles. The largest absolute Gasteiger partial charge is 0.334 e. The maximum atomic E-state index is 13.4. The summed E-state index contributed by atoms with van der Waals surface area (Å²) >= 11 is 5.82. The van der Waals surface area contributed by atoms with Crippen molar-refractivity contribution < 1.29 is 9.18 Å². The number of hydrogen-bond donors (Lipinski definition) is 2. The number of halogens is 2. The van der Waals surface area contributed by atoms with Crippen LogP contribution >= 0.6 is 11.6 Å². The van der Waals surface area contributed by atoms with Crippen LogP contribution in [0, 0.1) is 5.82 Å². The van der Waals surface area contributed by atoms with Crippen molar-refractivity contribution >= 4 is 17.6 Å². The van der Waals surface area contributed by atoms with E-state index in [9.17, 15) is 9.18 Å². The molecule has 2 rings (SSSR count). The molecule has 2 aromatic rings. The fraction of sp³-hybridized carbons (Fsp3) is 0.188. The molecule has 0 aliphatic heterocycles. The monoisotopic (exact) mass is 306 g/mol. The number of carbonyl (C=O) groups excluding carboxylic acids is 1. The Labute approximate surface area is 128 Å². The molecular formula is C16H16ClFN2O. The summed E-state index contributed by atoms with van der Waals surface area (Å²) in [6.45, 7) is 2.01. The van der Waals surface area contributed by atoms with Crippen molar-refractivity contribution in [1.82, 2.24) is 10.6 Å². The van der Waals surface area contributed by atoms with Gasteiger partial charge < -0.3 is 10.6 Å². The van der Waals surface area contributed by atoms with Crippen LogP contribution in [0.4, 0.5) is 9.18 Å². The van der Waals surface area contributed by atoms with E-state index >= 15 is 0 Å². The van der Waals surface area contributed by atoms with Crippen LogP contribution < -0.4 is 10.6 Å². The Bertz CT molecular complexity index is 616. The van der Waals surface area contributed by atoms with Crippen molar-refractivity contribution in [2.75, 3.05) is 0 Å². The first-order valence-corrected chi connectivity index (χ1v) is 6.97. The lowest BCUT2D eigenvalue weighted by Crippen LogP contribution is -2.36. The van der Waals surface area contributed by atoms with E-state index in [2.05, 4.69) is 10.6 Å². The van der Waals surface area contributed by atoms with E-state index in [1.807, 2.05) is 19.1 Å². The van der Waals surface area contributed by atoms with Crippen LogP contribution in [0.3, 0.4) is 0 Å². The molecule has 3 nitrogen and oxygen atoms in total. The first-order valence-electron chi connectivity index (χ1n) is 6.59. The van der Waals surface area contributed by atoms with E-state index < -0.39 is 0 Å². The van der Waals surface area contributed by atoms with Crippen LogP contribution in [0.2, 0.25) is 5.02 Å². The standard InChI is InChI=1S/C16H16ClFN2O/c1-11(12-6-8-14(17)9-7-12)20-16(21)19-10-13-4-2-3-5-15(13)18/h2-9,11H,10H2,1H3,(H2,19,20,21). The number of urea groups is 1. The topological polar surface area (TPSA) is 41.1 Å². The predicted molar refractivity (Wildman–Crippen MR) is 81.6 cm³/mol. The highest BCUT2D eigenvalue weighted by molar-refractivity contribution is 6.30. The second-order valence-corrected chi connectivity index (χ2v) is 5.13. The summed E-state index contributed by atoms with van der Waals surface area (Å²) in [6, 6.07) is 13.1. The molecule has 0 saturated heterocycles. The van der Waals surface area contributed by atoms with Gasteiger partial charge in [-0.3, -0.25) is 0 Å². The van der Waals surface area contributed by atoms with E-state index in [0.29, 0.717) is 10.6 Å². The average Bonchev–Trinajstić information content (AvgIpc) is 2.47. The van der Waals surface area contributed by atoms with Gasteiger partial charge in [0, 0.05) is 17.1 Å². The van der Waals surface area contributed by atoms with Gasteiger partial charge in [0.25, 0.3) is 0 Å². The van der Waals surface area contributed by atoms with Crippen molar-refractivity contribution in [3.8, 4) is 0 Å². The highest BCUT2D eigenvalue weighted by Crippen LogP contribution is 2.15. The lowest BCUT2D eigenvalue weighted by atomic mass is 10.1. The smallest absolute Gasteiger partial charge is 0.315 e. The zero-order valence-electron chi connectivity index (χ0n) is 11.6. The fourth-order valence-electron chi connectivity index (χ4n) is 1.90. The minimum atomic E-state index is -0.347. The van der Waals surface area contributed by atoms with Crippen LogP contribution in [0.5, 0.6) is 0 Å². The van der Waals surface area contributed by atoms with E-state index in [4.69, 9.17) is 11.6 Å². The molecule has 0 heterocycles. The lowest BCUT2D eigenvalue weighted by Gasteiger charge is -2.15. The quantitative estimate of drug-likeness (QED) is 0.879. The molecule has 1 unspecified atom stereocenters. The molecule has 0 spiro atoms. The average molecular weight is 307 g/mol. The normalized spacial score (nSPS) is 11.8. The number of benzene rings is 2. The number of nitrogens with one attached hydrogen (secondary N) is 2. The molecule has 0 bridgehead atoms. The van der Waals surface area contributed by atoms with Crippen molar-refractivity contribution in [3.63, 3.8) is 0 Å². The van der Waals surface area contributed by atoms with E-state index in [-0.39, 0.29) is 24.4 Å². The van der Waals surface area contributed by atoms with Crippen LogP contribution in [-0.2, 0) is 6.54 Å². The zero-order valence-corrected chi connectivity index (χ0v) is 12.3. The summed E-state index contributed by atoms with van der Waals surface area (Å²) in [4.78, 5) is 11.8. The lowest BCUT2D eigenvalue weighted by molar-refractivity contribution is 0.237. The summed E-state index contributed by atoms with van der Waals surface area (Å²) in [5.74, 6) is -0.330. The highest BCUT2D eigenvalue weighted by atomic mass is 35.5. The Balaban J connectivity index is 1.87. The van der Waals surface area contributed by atoms with E-state index in [1.54, 1.807) is 30.3 Å². The van der Waals surface area contributed by atoms with Gasteiger partial charge >= 0.3 is 6.03 Å². The van der Waals surface area contributed by atoms with Gasteiger partial charge in [-0.15, -0.1) is 0 Å². The maximum absolute atomic E-state index is 13.4. The predicted octanol–water partition coefficient (Wildman–Crippen LogP) is 4.04. The van der Waals surface area contributed by atoms with Crippen LogP contribution in [0.15, 0.2) is 48.5 Å². The molecule has 0 fully saturated rings. The van der Waals surface area contributed by atoms with E-state index in [1.165, 1.54) is 6.07 Å². The molecule has 110 valence electrons. The third-order valence-electron chi connectivity index (χ3n) is 3.11. The Morgan fingerprint density at radius 2 is 1.86 bits per heavy atom. The minimum Gasteiger partial charge on any atom is -0.334 e. The maximum Gasteiger partial charge on any atom is 0.315 e. The summed E-state index contributed by atoms with van der Waals surface area (Å²) in [5, 5.41) is 6.07. The van der Waals surface area contributed by atoms with Gasteiger partial charge in [0.2, 0.25) is 0 Å². The zero-order chi connectivity index (χ0) is 15.2. The molecule has 2 aromatic carbocycles. The molecule has 5 heteroatoms. The number of hydrogen-bond acceptors (Lipinski definition) is 1. The molecule has 1 atom stereocenters. The number of carbonyl (C=O) groups is 1.